The number of para-hydroxylation sites is 2. The van der Waals surface area contributed by atoms with Crippen LogP contribution in [0.25, 0.3) is 0 Å². The van der Waals surface area contributed by atoms with Gasteiger partial charge in [-0.25, -0.2) is 0 Å². The summed E-state index contributed by atoms with van der Waals surface area (Å²) in [5, 5.41) is 13.2. The number of piperidine rings is 1. The Morgan fingerprint density at radius 1 is 1.21 bits per heavy atom. The summed E-state index contributed by atoms with van der Waals surface area (Å²) < 4.78 is 5.57. The summed E-state index contributed by atoms with van der Waals surface area (Å²) in [5.74, 6) is 0.211. The number of hydrogen-bond donors (Lipinski definition) is 2. The zero-order chi connectivity index (χ0) is 20.1. The highest BCUT2D eigenvalue weighted by Crippen LogP contribution is 2.25. The summed E-state index contributed by atoms with van der Waals surface area (Å²) in [4.78, 5) is 26.5. The fourth-order valence-corrected chi connectivity index (χ4v) is 3.27. The fraction of sp³-hybridized carbons (Fsp3) is 0.333. The number of amides is 2. The minimum atomic E-state index is -0.191. The van der Waals surface area contributed by atoms with Gasteiger partial charge in [0.2, 0.25) is 5.91 Å². The molecule has 0 atom stereocenters. The molecule has 1 heterocycles. The molecule has 0 unspecified atom stereocenters. The number of likely N-dealkylation sites (tertiary alicyclic amines) is 1. The number of carbonyl (C=O) groups excluding carboxylic acids is 2. The SMILES string of the molecule is Cc1cc(OCC(=O)N2CCC(C(=O)Nc3ccccc3O)CC2)ccc1Cl. The molecule has 1 aliphatic heterocycles. The second-order valence-corrected chi connectivity index (χ2v) is 7.27. The average Bonchev–Trinajstić information content (AvgIpc) is 2.70. The lowest BCUT2D eigenvalue weighted by Gasteiger charge is -2.31. The van der Waals surface area contributed by atoms with E-state index in [-0.39, 0.29) is 30.1 Å². The predicted molar refractivity (Wildman–Crippen MR) is 108 cm³/mol. The van der Waals surface area contributed by atoms with Crippen LogP contribution >= 0.6 is 11.6 Å². The van der Waals surface area contributed by atoms with E-state index < -0.39 is 0 Å². The Hall–Kier alpha value is -2.73. The number of carbonyl (C=O) groups is 2. The molecule has 0 spiro atoms. The summed E-state index contributed by atoms with van der Waals surface area (Å²) in [7, 11) is 0. The second kappa shape index (κ2) is 8.97. The number of ether oxygens (including phenoxy) is 1. The molecule has 2 N–H and O–H groups in total. The first-order valence-corrected chi connectivity index (χ1v) is 9.57. The van der Waals surface area contributed by atoms with Crippen LogP contribution in [-0.4, -0.2) is 41.5 Å². The third-order valence-electron chi connectivity index (χ3n) is 4.87. The molecule has 6 nitrogen and oxygen atoms in total. The van der Waals surface area contributed by atoms with E-state index in [2.05, 4.69) is 5.32 Å². The molecule has 1 saturated heterocycles. The first-order chi connectivity index (χ1) is 13.4. The Kier molecular flexibility index (Phi) is 6.41. The summed E-state index contributed by atoms with van der Waals surface area (Å²) in [6.07, 6.45) is 1.15. The van der Waals surface area contributed by atoms with E-state index in [0.29, 0.717) is 42.4 Å². The van der Waals surface area contributed by atoms with Gasteiger partial charge in [-0.15, -0.1) is 0 Å². The molecule has 148 valence electrons. The smallest absolute Gasteiger partial charge is 0.260 e. The highest BCUT2D eigenvalue weighted by molar-refractivity contribution is 6.31. The molecule has 2 amide bonds. The van der Waals surface area contributed by atoms with E-state index >= 15 is 0 Å². The molecule has 1 fully saturated rings. The van der Waals surface area contributed by atoms with Crippen molar-refractivity contribution in [2.24, 2.45) is 5.92 Å². The van der Waals surface area contributed by atoms with Crippen molar-refractivity contribution in [2.45, 2.75) is 19.8 Å². The van der Waals surface area contributed by atoms with E-state index in [1.807, 2.05) is 6.92 Å². The van der Waals surface area contributed by atoms with Crippen LogP contribution in [0.4, 0.5) is 5.69 Å². The molecular weight excluding hydrogens is 380 g/mol. The number of aryl methyl sites for hydroxylation is 1. The van der Waals surface area contributed by atoms with Crippen molar-refractivity contribution in [1.29, 1.82) is 0 Å². The molecule has 1 aliphatic rings. The molecule has 0 saturated carbocycles. The van der Waals surface area contributed by atoms with E-state index in [4.69, 9.17) is 16.3 Å². The lowest BCUT2D eigenvalue weighted by molar-refractivity contribution is -0.136. The quantitative estimate of drug-likeness (QED) is 0.749. The highest BCUT2D eigenvalue weighted by Gasteiger charge is 2.27. The van der Waals surface area contributed by atoms with Gasteiger partial charge < -0.3 is 20.1 Å². The van der Waals surface area contributed by atoms with Gasteiger partial charge in [-0.1, -0.05) is 23.7 Å². The zero-order valence-corrected chi connectivity index (χ0v) is 16.4. The number of benzene rings is 2. The van der Waals surface area contributed by atoms with Crippen LogP contribution in [0, 0.1) is 12.8 Å². The molecule has 2 aromatic carbocycles. The summed E-state index contributed by atoms with van der Waals surface area (Å²) in [6, 6.07) is 11.9. The maximum atomic E-state index is 12.4. The largest absolute Gasteiger partial charge is 0.506 e. The number of halogens is 1. The van der Waals surface area contributed by atoms with Gasteiger partial charge in [-0.05, 0) is 55.7 Å². The summed E-state index contributed by atoms with van der Waals surface area (Å²) in [5.41, 5.74) is 1.29. The van der Waals surface area contributed by atoms with Crippen molar-refractivity contribution >= 4 is 29.1 Å². The van der Waals surface area contributed by atoms with E-state index in [9.17, 15) is 14.7 Å². The minimum absolute atomic E-state index is 0.0399. The van der Waals surface area contributed by atoms with Crippen LogP contribution in [0.2, 0.25) is 5.02 Å². The molecule has 0 aliphatic carbocycles. The van der Waals surface area contributed by atoms with Crippen molar-refractivity contribution in [1.82, 2.24) is 4.90 Å². The highest BCUT2D eigenvalue weighted by atomic mass is 35.5. The van der Waals surface area contributed by atoms with Crippen LogP contribution in [0.3, 0.4) is 0 Å². The third kappa shape index (κ3) is 4.95. The third-order valence-corrected chi connectivity index (χ3v) is 5.30. The standard InChI is InChI=1S/C21H23ClN2O4/c1-14-12-16(6-7-17(14)22)28-13-20(26)24-10-8-15(9-11-24)21(27)23-18-4-2-3-5-19(18)25/h2-7,12,15,25H,8-11,13H2,1H3,(H,23,27). The number of rotatable bonds is 5. The first kappa shape index (κ1) is 20.0. The molecular formula is C21H23ClN2O4. The van der Waals surface area contributed by atoms with Crippen molar-refractivity contribution in [3.63, 3.8) is 0 Å². The van der Waals surface area contributed by atoms with Crippen molar-refractivity contribution < 1.29 is 19.4 Å². The minimum Gasteiger partial charge on any atom is -0.506 e. The van der Waals surface area contributed by atoms with Crippen LogP contribution in [0.5, 0.6) is 11.5 Å². The lowest BCUT2D eigenvalue weighted by atomic mass is 9.95. The van der Waals surface area contributed by atoms with E-state index in [0.717, 1.165) is 5.56 Å². The Morgan fingerprint density at radius 3 is 2.61 bits per heavy atom. The zero-order valence-electron chi connectivity index (χ0n) is 15.7. The Balaban J connectivity index is 1.46. The van der Waals surface area contributed by atoms with Crippen molar-refractivity contribution in [2.75, 3.05) is 25.0 Å². The van der Waals surface area contributed by atoms with Gasteiger partial charge in [0, 0.05) is 24.0 Å². The summed E-state index contributed by atoms with van der Waals surface area (Å²) in [6.45, 7) is 2.83. The number of nitrogens with zero attached hydrogens (tertiary/aromatic N) is 1. The number of aromatic hydroxyl groups is 1. The van der Waals surface area contributed by atoms with Crippen molar-refractivity contribution in [3.05, 3.63) is 53.1 Å². The molecule has 28 heavy (non-hydrogen) atoms. The molecule has 0 radical (unpaired) electrons. The topological polar surface area (TPSA) is 78.9 Å². The van der Waals surface area contributed by atoms with Gasteiger partial charge in [-0.3, -0.25) is 9.59 Å². The Morgan fingerprint density at radius 2 is 1.93 bits per heavy atom. The Bertz CT molecular complexity index is 863. The van der Waals surface area contributed by atoms with Gasteiger partial charge in [0.1, 0.15) is 11.5 Å². The van der Waals surface area contributed by atoms with Crippen LogP contribution < -0.4 is 10.1 Å². The van der Waals surface area contributed by atoms with E-state index in [1.165, 1.54) is 6.07 Å². The van der Waals surface area contributed by atoms with Gasteiger partial charge in [0.05, 0.1) is 5.69 Å². The second-order valence-electron chi connectivity index (χ2n) is 6.86. The van der Waals surface area contributed by atoms with Gasteiger partial charge in [0.25, 0.3) is 5.91 Å². The van der Waals surface area contributed by atoms with Crippen LogP contribution in [-0.2, 0) is 9.59 Å². The van der Waals surface area contributed by atoms with Gasteiger partial charge >= 0.3 is 0 Å². The molecule has 0 aromatic heterocycles. The molecule has 2 aromatic rings. The molecule has 3 rings (SSSR count). The first-order valence-electron chi connectivity index (χ1n) is 9.19. The molecule has 7 heteroatoms. The monoisotopic (exact) mass is 402 g/mol. The number of nitrogens with one attached hydrogen (secondary N) is 1. The molecule has 0 bridgehead atoms. The predicted octanol–water partition coefficient (Wildman–Crippen LogP) is 3.61. The normalized spacial score (nSPS) is 14.6. The van der Waals surface area contributed by atoms with Crippen LogP contribution in [0.15, 0.2) is 42.5 Å². The fourth-order valence-electron chi connectivity index (χ4n) is 3.15. The lowest BCUT2D eigenvalue weighted by Crippen LogP contribution is -2.43. The van der Waals surface area contributed by atoms with E-state index in [1.54, 1.807) is 41.3 Å². The summed E-state index contributed by atoms with van der Waals surface area (Å²) >= 11 is 5.99. The average molecular weight is 403 g/mol. The van der Waals surface area contributed by atoms with Gasteiger partial charge in [-0.2, -0.15) is 0 Å². The maximum Gasteiger partial charge on any atom is 0.260 e. The Labute approximate surface area is 169 Å². The number of anilines is 1. The number of phenolic OH excluding ortho intramolecular Hbond substituents is 1. The van der Waals surface area contributed by atoms with Gasteiger partial charge in [0.15, 0.2) is 6.61 Å². The maximum absolute atomic E-state index is 12.4. The van der Waals surface area contributed by atoms with Crippen LogP contribution in [0.1, 0.15) is 18.4 Å². The van der Waals surface area contributed by atoms with Crippen molar-refractivity contribution in [3.8, 4) is 11.5 Å². The number of phenols is 1. The number of hydrogen-bond acceptors (Lipinski definition) is 4.